The molecule has 0 unspecified atom stereocenters. The van der Waals surface area contributed by atoms with Crippen molar-refractivity contribution < 1.29 is 4.79 Å². The van der Waals surface area contributed by atoms with E-state index >= 15 is 0 Å². The van der Waals surface area contributed by atoms with Crippen LogP contribution < -0.4 is 10.6 Å². The summed E-state index contributed by atoms with van der Waals surface area (Å²) in [6.45, 7) is 23.0. The fourth-order valence-electron chi connectivity index (χ4n) is 6.24. The van der Waals surface area contributed by atoms with Crippen molar-refractivity contribution >= 4 is 34.6 Å². The summed E-state index contributed by atoms with van der Waals surface area (Å²) in [5.74, 6) is 2.78. The number of hydrogen-bond donors (Lipinski definition) is 2. The van der Waals surface area contributed by atoms with Crippen molar-refractivity contribution in [3.8, 4) is 5.00 Å². The van der Waals surface area contributed by atoms with Gasteiger partial charge in [0.15, 0.2) is 5.82 Å². The number of fused-ring (bicyclic) bond motifs is 3. The van der Waals surface area contributed by atoms with Gasteiger partial charge in [0, 0.05) is 67.2 Å². The van der Waals surface area contributed by atoms with Crippen LogP contribution in [0.4, 0.5) is 0 Å². The number of benzene rings is 1. The first-order valence-corrected chi connectivity index (χ1v) is 18.2. The number of piperazine rings is 1. The van der Waals surface area contributed by atoms with E-state index in [4.69, 9.17) is 16.6 Å². The molecule has 2 aromatic heterocycles. The molecule has 11 heteroatoms. The molecule has 46 heavy (non-hydrogen) atoms. The number of nitrogens with zero attached hydrogens (tertiary/aromatic N) is 6. The predicted molar refractivity (Wildman–Crippen MR) is 192 cm³/mol. The van der Waals surface area contributed by atoms with Crippen LogP contribution in [0.3, 0.4) is 0 Å². The number of aromatic nitrogens is 3. The second kappa shape index (κ2) is 18.1. The van der Waals surface area contributed by atoms with Gasteiger partial charge in [0.1, 0.15) is 17.4 Å². The molecule has 0 bridgehead atoms. The van der Waals surface area contributed by atoms with Gasteiger partial charge in [-0.1, -0.05) is 37.6 Å². The Bertz CT molecular complexity index is 1420. The van der Waals surface area contributed by atoms with Gasteiger partial charge in [0.25, 0.3) is 0 Å². The zero-order valence-electron chi connectivity index (χ0n) is 28.7. The van der Waals surface area contributed by atoms with E-state index in [0.717, 1.165) is 51.8 Å². The first-order valence-electron chi connectivity index (χ1n) is 17.0. The third-order valence-corrected chi connectivity index (χ3v) is 10.4. The molecule has 2 saturated heterocycles. The summed E-state index contributed by atoms with van der Waals surface area (Å²) in [5.41, 5.74) is 4.52. The van der Waals surface area contributed by atoms with Gasteiger partial charge in [-0.2, -0.15) is 0 Å². The van der Waals surface area contributed by atoms with Crippen LogP contribution in [-0.4, -0.2) is 95.1 Å². The number of carbonyl (C=O) groups excluding carboxylic acids is 1. The standard InChI is InChI=1S/C17H15ClN4S.C16H32N4O.C2H6/c1-9-10(2)23-17-15(9)16(12-4-6-13(18)7-5-12)19-8-14-21-20-11(3)22(14)17;1-15(21)18-6-2-3-9-19-10-12-20(13-11-19)14-16-4-7-17-8-5-16;1-2/h4-7H,8H2,1-3H3;16-17H,2-14H2,1H3,(H,18,21);1-2H3. The van der Waals surface area contributed by atoms with E-state index in [1.165, 1.54) is 87.6 Å². The Morgan fingerprint density at radius 1 is 1.00 bits per heavy atom. The van der Waals surface area contributed by atoms with Crippen molar-refractivity contribution in [2.45, 2.75) is 73.8 Å². The van der Waals surface area contributed by atoms with Gasteiger partial charge in [-0.25, -0.2) is 0 Å². The number of halogens is 1. The highest BCUT2D eigenvalue weighted by Crippen LogP contribution is 2.36. The first kappa shape index (κ1) is 36.2. The minimum absolute atomic E-state index is 0.0847. The minimum atomic E-state index is 0.0847. The van der Waals surface area contributed by atoms with E-state index in [9.17, 15) is 4.79 Å². The average Bonchev–Trinajstić information content (AvgIpc) is 3.51. The summed E-state index contributed by atoms with van der Waals surface area (Å²) >= 11 is 7.80. The maximum Gasteiger partial charge on any atom is 0.216 e. The lowest BCUT2D eigenvalue weighted by Gasteiger charge is -2.37. The maximum absolute atomic E-state index is 10.8. The van der Waals surface area contributed by atoms with Gasteiger partial charge in [0.2, 0.25) is 5.91 Å². The Balaban J connectivity index is 0.000000199. The van der Waals surface area contributed by atoms with Crippen LogP contribution in [0.2, 0.25) is 5.02 Å². The number of carbonyl (C=O) groups is 1. The first-order chi connectivity index (χ1) is 22.3. The fraction of sp³-hybridized carbons (Fsp3) is 0.600. The molecule has 6 rings (SSSR count). The molecule has 0 saturated carbocycles. The predicted octanol–water partition coefficient (Wildman–Crippen LogP) is 5.80. The lowest BCUT2D eigenvalue weighted by atomic mass is 9.97. The van der Waals surface area contributed by atoms with Crippen molar-refractivity contribution in [3.05, 3.63) is 62.5 Å². The number of amides is 1. The van der Waals surface area contributed by atoms with Crippen molar-refractivity contribution in [2.75, 3.05) is 58.9 Å². The quantitative estimate of drug-likeness (QED) is 0.295. The van der Waals surface area contributed by atoms with Crippen molar-refractivity contribution in [2.24, 2.45) is 10.9 Å². The lowest BCUT2D eigenvalue weighted by Crippen LogP contribution is -2.48. The largest absolute Gasteiger partial charge is 0.356 e. The van der Waals surface area contributed by atoms with Gasteiger partial charge in [-0.05, 0) is 89.7 Å². The number of aliphatic imine (C=N–C) groups is 1. The highest BCUT2D eigenvalue weighted by Gasteiger charge is 2.26. The highest BCUT2D eigenvalue weighted by molar-refractivity contribution is 7.15. The van der Waals surface area contributed by atoms with Gasteiger partial charge in [-0.15, -0.1) is 21.5 Å². The maximum atomic E-state index is 10.8. The molecule has 0 spiro atoms. The van der Waals surface area contributed by atoms with Gasteiger partial charge in [0.05, 0.1) is 5.71 Å². The number of piperidine rings is 1. The summed E-state index contributed by atoms with van der Waals surface area (Å²) in [6.07, 6.45) is 4.98. The molecular weight excluding hydrogens is 616 g/mol. The summed E-state index contributed by atoms with van der Waals surface area (Å²) in [6, 6.07) is 7.86. The Hall–Kier alpha value is -2.63. The van der Waals surface area contributed by atoms with Gasteiger partial charge in [-0.3, -0.25) is 14.4 Å². The fourth-order valence-corrected chi connectivity index (χ4v) is 7.59. The number of thiophene rings is 1. The van der Waals surface area contributed by atoms with E-state index in [1.807, 2.05) is 45.0 Å². The Morgan fingerprint density at radius 3 is 2.35 bits per heavy atom. The van der Waals surface area contributed by atoms with E-state index in [1.54, 1.807) is 18.3 Å². The molecule has 252 valence electrons. The van der Waals surface area contributed by atoms with Crippen LogP contribution in [0.1, 0.15) is 79.7 Å². The van der Waals surface area contributed by atoms with Crippen molar-refractivity contribution in [3.63, 3.8) is 0 Å². The lowest BCUT2D eigenvalue weighted by molar-refractivity contribution is -0.118. The number of aryl methyl sites for hydroxylation is 2. The molecule has 1 amide bonds. The van der Waals surface area contributed by atoms with E-state index in [-0.39, 0.29) is 5.91 Å². The minimum Gasteiger partial charge on any atom is -0.356 e. The summed E-state index contributed by atoms with van der Waals surface area (Å²) in [4.78, 5) is 22.1. The molecule has 0 radical (unpaired) electrons. The SMILES string of the molecule is CC.CC(=O)NCCCCN1CCN(CC2CCNCC2)CC1.Cc1sc2c(c1C)C(c1ccc(Cl)cc1)=NCc1nnc(C)n1-2. The Labute approximate surface area is 284 Å². The highest BCUT2D eigenvalue weighted by atomic mass is 35.5. The summed E-state index contributed by atoms with van der Waals surface area (Å²) in [7, 11) is 0. The van der Waals surface area contributed by atoms with E-state index in [0.29, 0.717) is 6.54 Å². The number of rotatable bonds is 8. The molecular formula is C35H53ClN8OS. The second-order valence-electron chi connectivity index (χ2n) is 12.2. The number of unbranched alkanes of at least 4 members (excludes halogenated alkanes) is 1. The van der Waals surface area contributed by atoms with E-state index in [2.05, 4.69) is 49.0 Å². The third kappa shape index (κ3) is 9.70. The smallest absolute Gasteiger partial charge is 0.216 e. The molecule has 3 aliphatic heterocycles. The van der Waals surface area contributed by atoms with Crippen LogP contribution in [0.25, 0.3) is 5.00 Å². The van der Waals surface area contributed by atoms with Crippen LogP contribution in [0, 0.1) is 26.7 Å². The van der Waals surface area contributed by atoms with Crippen LogP contribution in [0.5, 0.6) is 0 Å². The molecule has 9 nitrogen and oxygen atoms in total. The number of nitrogens with one attached hydrogen (secondary N) is 2. The van der Waals surface area contributed by atoms with Crippen molar-refractivity contribution in [1.29, 1.82) is 0 Å². The topological polar surface area (TPSA) is 90.7 Å². The van der Waals surface area contributed by atoms with Crippen LogP contribution in [-0.2, 0) is 11.3 Å². The summed E-state index contributed by atoms with van der Waals surface area (Å²) < 4.78 is 2.13. The normalized spacial score (nSPS) is 17.0. The number of hydrogen-bond acceptors (Lipinski definition) is 8. The Morgan fingerprint density at radius 2 is 1.67 bits per heavy atom. The third-order valence-electron chi connectivity index (χ3n) is 8.91. The molecule has 2 N–H and O–H groups in total. The van der Waals surface area contributed by atoms with Crippen LogP contribution >= 0.6 is 22.9 Å². The molecule has 0 aliphatic carbocycles. The zero-order valence-corrected chi connectivity index (χ0v) is 30.2. The monoisotopic (exact) mass is 668 g/mol. The Kier molecular flexibility index (Phi) is 14.2. The molecule has 3 aliphatic rings. The van der Waals surface area contributed by atoms with Gasteiger partial charge >= 0.3 is 0 Å². The molecule has 3 aromatic rings. The van der Waals surface area contributed by atoms with Crippen LogP contribution in [0.15, 0.2) is 29.3 Å². The van der Waals surface area contributed by atoms with E-state index < -0.39 is 0 Å². The average molecular weight is 669 g/mol. The molecule has 2 fully saturated rings. The molecule has 1 aromatic carbocycles. The molecule has 5 heterocycles. The van der Waals surface area contributed by atoms with Crippen molar-refractivity contribution in [1.82, 2.24) is 35.2 Å². The second-order valence-corrected chi connectivity index (χ2v) is 13.8. The van der Waals surface area contributed by atoms with Gasteiger partial charge < -0.3 is 20.4 Å². The zero-order chi connectivity index (χ0) is 33.1. The summed E-state index contributed by atoms with van der Waals surface area (Å²) in [5, 5.41) is 16.7. The molecule has 0 atom stereocenters.